The minimum atomic E-state index is -3.11. The minimum Gasteiger partial charge on any atom is -0.784 e. The smallest absolute Gasteiger partial charge is 0.784 e. The van der Waals surface area contributed by atoms with Crippen LogP contribution in [0.1, 0.15) is 90.9 Å². The van der Waals surface area contributed by atoms with Crippen LogP contribution in [0.15, 0.2) is 0 Å². The number of carbonyl (C=O) groups excluding carboxylic acids is 2. The molecule has 0 N–H and O–H groups in total. The Kier molecular flexibility index (Phi) is 37.5. The molecule has 8 heteroatoms. The van der Waals surface area contributed by atoms with Gasteiger partial charge in [-0.15, -0.1) is 11.4 Å². The molecule has 0 bridgehead atoms. The van der Waals surface area contributed by atoms with Crippen molar-refractivity contribution in [2.24, 2.45) is 5.92 Å². The fraction of sp³-hybridized carbons (Fsp3) is 0.882. The summed E-state index contributed by atoms with van der Waals surface area (Å²) in [6.07, 6.45) is 15.5. The number of aldehydes is 1. The van der Waals surface area contributed by atoms with Crippen LogP contribution < -0.4 is 59.1 Å². The van der Waals surface area contributed by atoms with Gasteiger partial charge in [0.05, 0.1) is 5.92 Å². The van der Waals surface area contributed by atoms with Gasteiger partial charge in [0.15, 0.2) is 0 Å². The number of carbonyl (C=O) groups is 2. The third kappa shape index (κ3) is 33.4. The van der Waals surface area contributed by atoms with Crippen molar-refractivity contribution in [3.63, 3.8) is 0 Å². The number of rotatable bonds is 14. The topological polar surface area (TPSA) is 97.3 Å². The molecule has 0 aromatic heterocycles. The van der Waals surface area contributed by atoms with Crippen molar-refractivity contribution in [2.75, 3.05) is 0 Å². The number of hydrogen-bond donors (Lipinski definition) is 0. The number of ketones is 1. The molecule has 138 valence electrons. The second kappa shape index (κ2) is 27.6. The van der Waals surface area contributed by atoms with Gasteiger partial charge in [-0.1, -0.05) is 71.1 Å². The van der Waals surface area contributed by atoms with Crippen molar-refractivity contribution in [1.29, 1.82) is 0 Å². The van der Waals surface area contributed by atoms with Crippen LogP contribution in [0.3, 0.4) is 0 Å². The Morgan fingerprint density at radius 2 is 1.20 bits per heavy atom. The first-order valence-electron chi connectivity index (χ1n) is 8.70. The van der Waals surface area contributed by atoms with Crippen molar-refractivity contribution in [3.05, 3.63) is 0 Å². The van der Waals surface area contributed by atoms with Crippen LogP contribution in [-0.4, -0.2) is 25.4 Å². The van der Waals surface area contributed by atoms with E-state index in [-0.39, 0.29) is 64.9 Å². The summed E-state index contributed by atoms with van der Waals surface area (Å²) >= 11 is -3.11. The molecule has 0 aliphatic heterocycles. The molecule has 0 aliphatic rings. The zero-order chi connectivity index (χ0) is 17.9. The molecule has 0 saturated heterocycles. The molecule has 0 radical (unpaired) electrons. The molecule has 25 heavy (non-hydrogen) atoms. The molecule has 0 spiro atoms. The van der Waals surface area contributed by atoms with E-state index in [9.17, 15) is 9.59 Å². The molecule has 0 aliphatic carbocycles. The summed E-state index contributed by atoms with van der Waals surface area (Å²) in [7, 11) is 0. The third-order valence-electron chi connectivity index (χ3n) is 3.74. The van der Waals surface area contributed by atoms with E-state index in [1.807, 2.05) is 0 Å². The fourth-order valence-corrected chi connectivity index (χ4v) is 2.27. The molecule has 5 nitrogen and oxygen atoms in total. The summed E-state index contributed by atoms with van der Waals surface area (Å²) in [6, 6.07) is 0. The summed E-state index contributed by atoms with van der Waals surface area (Å²) < 4.78 is 25.3. The minimum absolute atomic E-state index is 0. The Morgan fingerprint density at radius 3 is 1.52 bits per heavy atom. The van der Waals surface area contributed by atoms with Crippen LogP contribution in [0.25, 0.3) is 0 Å². The predicted molar refractivity (Wildman–Crippen MR) is 91.0 cm³/mol. The van der Waals surface area contributed by atoms with Gasteiger partial charge in [-0.25, -0.2) is 0 Å². The standard InChI is InChI=1S/C17H32O2.2Na.H2O3S/c1-3-4-5-6-7-8-9-10-11-12-13-14-17(19)16(2)15-18;;;1-4(2)3/h15-16H,3-14H2,1-2H3;;;(H2,1,2,3)/q;2*+1;/p-2. The molecule has 1 unspecified atom stereocenters. The monoisotopic (exact) mass is 394 g/mol. The number of Topliss-reactive ketones (excluding diaryl/α,β-unsaturated/α-hetero) is 1. The van der Waals surface area contributed by atoms with Crippen molar-refractivity contribution >= 4 is 23.4 Å². The maximum Gasteiger partial charge on any atom is 1.00 e. The zero-order valence-corrected chi connectivity index (χ0v) is 21.4. The van der Waals surface area contributed by atoms with E-state index in [1.165, 1.54) is 57.8 Å². The first-order valence-corrected chi connectivity index (χ1v) is 9.70. The Hall–Kier alpha value is 1.41. The average Bonchev–Trinajstić information content (AvgIpc) is 2.51. The Balaban J connectivity index is -0.000000330. The Bertz CT molecular complexity index is 313. The number of unbranched alkanes of at least 4 members (excludes halogenated alkanes) is 10. The maximum atomic E-state index is 11.4. The fourth-order valence-electron chi connectivity index (χ4n) is 2.27. The van der Waals surface area contributed by atoms with Crippen molar-refractivity contribution in [1.82, 2.24) is 0 Å². The molecule has 1 atom stereocenters. The second-order valence-electron chi connectivity index (χ2n) is 5.88. The molecular formula is C17H32Na2O5S. The third-order valence-corrected chi connectivity index (χ3v) is 3.74. The molecular weight excluding hydrogens is 362 g/mol. The van der Waals surface area contributed by atoms with Crippen LogP contribution in [0.2, 0.25) is 0 Å². The van der Waals surface area contributed by atoms with Gasteiger partial charge in [0.2, 0.25) is 0 Å². The quantitative estimate of drug-likeness (QED) is 0.113. The van der Waals surface area contributed by atoms with Crippen LogP contribution in [0.4, 0.5) is 0 Å². The molecule has 0 saturated carbocycles. The normalized spacial score (nSPS) is 10.8. The summed E-state index contributed by atoms with van der Waals surface area (Å²) in [5.41, 5.74) is 0. The molecule has 0 heterocycles. The van der Waals surface area contributed by atoms with Crippen molar-refractivity contribution in [2.45, 2.75) is 90.9 Å². The van der Waals surface area contributed by atoms with Gasteiger partial charge in [0.25, 0.3) is 0 Å². The summed E-state index contributed by atoms with van der Waals surface area (Å²) in [6.45, 7) is 3.94. The Morgan fingerprint density at radius 1 is 0.880 bits per heavy atom. The second-order valence-corrected chi connectivity index (χ2v) is 6.29. The summed E-state index contributed by atoms with van der Waals surface area (Å²) in [5, 5.41) is 0. The van der Waals surface area contributed by atoms with Gasteiger partial charge in [0, 0.05) is 6.42 Å². The van der Waals surface area contributed by atoms with E-state index in [4.69, 9.17) is 13.3 Å². The summed E-state index contributed by atoms with van der Waals surface area (Å²) in [5.74, 6) is -0.297. The first kappa shape index (κ1) is 34.0. The largest absolute Gasteiger partial charge is 1.00 e. The first-order chi connectivity index (χ1) is 11.0. The van der Waals surface area contributed by atoms with Crippen LogP contribution >= 0.6 is 0 Å². The van der Waals surface area contributed by atoms with E-state index < -0.39 is 17.3 Å². The van der Waals surface area contributed by atoms with Crippen molar-refractivity contribution < 1.29 is 82.0 Å². The van der Waals surface area contributed by atoms with Gasteiger partial charge in [-0.05, 0) is 13.3 Å². The number of hydrogen-bond acceptors (Lipinski definition) is 5. The van der Waals surface area contributed by atoms with E-state index >= 15 is 0 Å². The summed E-state index contributed by atoms with van der Waals surface area (Å²) in [4.78, 5) is 21.8. The van der Waals surface area contributed by atoms with Crippen LogP contribution in [-0.2, 0) is 21.0 Å². The molecule has 0 rings (SSSR count). The van der Waals surface area contributed by atoms with Gasteiger partial charge < -0.3 is 13.9 Å². The van der Waals surface area contributed by atoms with E-state index in [0.29, 0.717) is 6.42 Å². The molecule has 0 aromatic carbocycles. The average molecular weight is 394 g/mol. The van der Waals surface area contributed by atoms with E-state index in [2.05, 4.69) is 6.92 Å². The predicted octanol–water partition coefficient (Wildman–Crippen LogP) is -1.90. The van der Waals surface area contributed by atoms with Gasteiger partial charge in [-0.3, -0.25) is 9.00 Å². The molecule has 0 amide bonds. The van der Waals surface area contributed by atoms with E-state index in [0.717, 1.165) is 19.1 Å². The zero-order valence-electron chi connectivity index (χ0n) is 16.6. The maximum absolute atomic E-state index is 11.4. The van der Waals surface area contributed by atoms with Crippen molar-refractivity contribution in [3.8, 4) is 0 Å². The van der Waals surface area contributed by atoms with Gasteiger partial charge in [-0.2, -0.15) is 0 Å². The van der Waals surface area contributed by atoms with E-state index in [1.54, 1.807) is 6.92 Å². The van der Waals surface area contributed by atoms with Gasteiger partial charge in [0.1, 0.15) is 12.1 Å². The Labute approximate surface area is 200 Å². The van der Waals surface area contributed by atoms with Gasteiger partial charge >= 0.3 is 59.1 Å². The van der Waals surface area contributed by atoms with Crippen LogP contribution in [0.5, 0.6) is 0 Å². The SMILES string of the molecule is CCCCCCCCCCCCCC(=O)C(C)C=O.O=S([O-])[O-].[Na+].[Na+]. The molecule has 0 fully saturated rings. The van der Waals surface area contributed by atoms with Crippen LogP contribution in [0, 0.1) is 5.92 Å². The molecule has 0 aromatic rings.